The zero-order chi connectivity index (χ0) is 98.6. The molecule has 135 heavy (non-hydrogen) atoms. The second-order valence-corrected chi connectivity index (χ2v) is 39.1. The summed E-state index contributed by atoms with van der Waals surface area (Å²) >= 11 is 14.3. The van der Waals surface area contributed by atoms with Gasteiger partial charge in [0.1, 0.15) is 56.3 Å². The fraction of sp³-hybridized carbons (Fsp3) is 0.556. The average molecular weight is 1930 g/mol. The largest absolute Gasteiger partial charge is 0.508 e. The first-order chi connectivity index (χ1) is 63.6. The maximum absolute atomic E-state index is 12.3. The Balaban J connectivity index is 0.000000277. The van der Waals surface area contributed by atoms with Gasteiger partial charge >= 0.3 is 30.2 Å². The van der Waals surface area contributed by atoms with Gasteiger partial charge in [0.25, 0.3) is 0 Å². The van der Waals surface area contributed by atoms with E-state index in [-0.39, 0.29) is 64.9 Å². The Morgan fingerprint density at radius 2 is 0.741 bits per heavy atom. The number of ether oxygens (including phenoxy) is 4. The Morgan fingerprint density at radius 3 is 1.05 bits per heavy atom. The number of piperidine rings is 3. The number of nitrogen functional groups attached to an aromatic ring is 1. The Morgan fingerprint density at radius 1 is 0.437 bits per heavy atom. The van der Waals surface area contributed by atoms with Gasteiger partial charge < -0.3 is 106 Å². The molecule has 0 spiro atoms. The van der Waals surface area contributed by atoms with Crippen LogP contribution in [0, 0.1) is 17.8 Å². The molecule has 4 amide bonds. The third-order valence-electron chi connectivity index (χ3n) is 23.7. The number of thiocarbonyl (C=S) groups is 2. The number of likely N-dealkylation sites (tertiary alicyclic amines) is 3. The first kappa shape index (κ1) is 114. The Bertz CT molecular complexity index is 4710. The molecule has 33 nitrogen and oxygen atoms in total. The van der Waals surface area contributed by atoms with Crippen molar-refractivity contribution in [2.75, 3.05) is 162 Å². The number of likely N-dealkylation sites (N-methyl/N-ethyl adjacent to an activating group) is 1. The Hall–Kier alpha value is -9.93. The molecule has 0 unspecified atom stereocenters. The number of thiol groups is 1. The van der Waals surface area contributed by atoms with Gasteiger partial charge in [-0.25, -0.2) is 30.0 Å². The van der Waals surface area contributed by atoms with E-state index in [0.717, 1.165) is 224 Å². The van der Waals surface area contributed by atoms with E-state index in [0.29, 0.717) is 80.8 Å². The van der Waals surface area contributed by atoms with Crippen molar-refractivity contribution in [1.29, 1.82) is 0 Å². The number of nitrogens with one attached hydrogen (secondary N) is 3. The molecule has 0 bridgehead atoms. The fourth-order valence-corrected chi connectivity index (χ4v) is 16.9. The highest BCUT2D eigenvalue weighted by atomic mass is 32.1. The predicted molar refractivity (Wildman–Crippen MR) is 545 cm³/mol. The summed E-state index contributed by atoms with van der Waals surface area (Å²) in [5, 5.41) is 64.8. The van der Waals surface area contributed by atoms with E-state index in [2.05, 4.69) is 116 Å². The van der Waals surface area contributed by atoms with Crippen molar-refractivity contribution in [2.24, 2.45) is 40.3 Å². The SMILES string of the molecule is CC(C)(C)OC(=O)N1CCC(CN2CCN(Cc3ccc(N)cc3)CC2)CC1.CCNC(=O)C(=O)OCC.CCc1cc(C(=Nc2ccc(CN3CCN(CC4CCN(C(=O)OC(C)(C)C)CC4)CC3)cc2)NN)c(O)cc1O.CCc1cc(C(=S)Nc2ccc(CN3CCN(CC4CCN(C(=O)OC(C)(C)C)CC4)CC3)cc2)c(O)cc1O.CCc1cc(C(=S)S)c(O)cc1O.NN.O. The summed E-state index contributed by atoms with van der Waals surface area (Å²) in [6, 6.07) is 33.6. The first-order valence-electron chi connectivity index (χ1n) is 46.9. The van der Waals surface area contributed by atoms with Crippen molar-refractivity contribution < 1.29 is 79.0 Å². The summed E-state index contributed by atoms with van der Waals surface area (Å²) in [5.41, 5.74) is 16.9. The third-order valence-corrected chi connectivity index (χ3v) is 24.5. The number of aryl methyl sites for hydroxylation is 3. The van der Waals surface area contributed by atoms with Crippen molar-refractivity contribution in [3.8, 4) is 34.5 Å². The lowest BCUT2D eigenvalue weighted by atomic mass is 9.96. The number of phenolic OH excluding ortho intramolecular Hbond substituents is 6. The van der Waals surface area contributed by atoms with Crippen LogP contribution in [-0.4, -0.2) is 293 Å². The number of carbonyl (C=O) groups excluding carboxylic acids is 5. The average Bonchev–Trinajstić information content (AvgIpc) is 0.820. The van der Waals surface area contributed by atoms with Crippen LogP contribution in [0.25, 0.3) is 0 Å². The molecule has 6 aliphatic rings. The zero-order valence-electron chi connectivity index (χ0n) is 81.8. The minimum atomic E-state index is -0.815. The summed E-state index contributed by atoms with van der Waals surface area (Å²) in [5.74, 6) is 14.6. The second kappa shape index (κ2) is 56.1. The molecule has 6 aromatic carbocycles. The molecule has 6 aliphatic heterocycles. The lowest BCUT2D eigenvalue weighted by Gasteiger charge is -2.39. The van der Waals surface area contributed by atoms with Crippen molar-refractivity contribution in [3.63, 3.8) is 0 Å². The number of aromatic hydroxyl groups is 6. The number of carbonyl (C=O) groups is 5. The third kappa shape index (κ3) is 39.2. The quantitative estimate of drug-likeness (QED) is 0.00287. The standard InChI is InChI=1S/C31H46N6O4.C31H44N4O4S.C22H36N4O2.C9H10O2S2.C6H11NO3.H4N2.H2O/c1-5-24-18-26(28(39)19-27(24)38)29(34-32)33-25-8-6-22(7-9-25)20-35-14-16-36(17-15-35)21-23-10-12-37(13-11-23)30(40)41-31(2,3)4;1-5-24-18-26(28(37)19-27(24)36)29(40)32-25-8-6-22(7-9-25)20-33-14-16-34(17-15-33)21-23-10-12-35(13-11-23)30(38)39-31(2,3)4;1-22(2,3)28-21(27)26-10-8-19(9-11-26)17-25-14-12-24(13-15-25)16-18-4-6-20(23)7-5-18;1-2-5-3-6(9(12)13)8(11)4-7(5)10;1-3-7-5(8)6(9)10-4-2;1-2;/h6-9,18-19,23,38-39H,5,10-17,20-21,32H2,1-4H3,(H,33,34);6-9,18-19,23,36-37H,5,10-17,20-21H2,1-4H3,(H,32,40);4-7,19H,8-17,23H2,1-3H3;3-4,10-11H,2H2,1H3,(H,12,13);3-4H2,1-2H3,(H,7,8);1-2H2;1H2. The number of benzene rings is 6. The van der Waals surface area contributed by atoms with E-state index in [4.69, 9.17) is 50.2 Å². The van der Waals surface area contributed by atoms with Gasteiger partial charge in [-0.15, -0.1) is 12.6 Å². The van der Waals surface area contributed by atoms with E-state index >= 15 is 0 Å². The van der Waals surface area contributed by atoms with Crippen LogP contribution in [0.2, 0.25) is 0 Å². The highest BCUT2D eigenvalue weighted by molar-refractivity contribution is 8.11. The highest BCUT2D eigenvalue weighted by Gasteiger charge is 2.34. The molecule has 6 aromatic rings. The number of nitrogens with two attached hydrogens (primary N) is 4. The smallest absolute Gasteiger partial charge is 0.410 e. The maximum Gasteiger partial charge on any atom is 0.410 e. The van der Waals surface area contributed by atoms with Crippen molar-refractivity contribution in [1.82, 2.24) is 54.8 Å². The number of anilines is 2. The number of piperazine rings is 3. The topological polar surface area (TPSA) is 457 Å². The van der Waals surface area contributed by atoms with Crippen LogP contribution in [0.4, 0.5) is 31.4 Å². The number of hydrogen-bond acceptors (Lipinski definition) is 28. The monoisotopic (exact) mass is 1930 g/mol. The number of amides is 4. The minimum absolute atomic E-state index is 0. The minimum Gasteiger partial charge on any atom is -0.508 e. The number of hydrogen-bond donors (Lipinski definition) is 14. The van der Waals surface area contributed by atoms with Gasteiger partial charge in [-0.05, 0) is 240 Å². The fourth-order valence-electron chi connectivity index (χ4n) is 16.3. The van der Waals surface area contributed by atoms with E-state index in [9.17, 15) is 54.6 Å². The molecule has 36 heteroatoms. The van der Waals surface area contributed by atoms with E-state index in [1.54, 1.807) is 32.0 Å². The Labute approximate surface area is 815 Å². The van der Waals surface area contributed by atoms with Crippen LogP contribution >= 0.6 is 37.1 Å². The summed E-state index contributed by atoms with van der Waals surface area (Å²) < 4.78 is 21.3. The normalized spacial score (nSPS) is 16.5. The van der Waals surface area contributed by atoms with Crippen molar-refractivity contribution in [3.05, 3.63) is 159 Å². The molecule has 6 fully saturated rings. The number of esters is 1. The zero-order valence-corrected chi connectivity index (χ0v) is 84.3. The number of hydrazine groups is 2. The molecule has 6 saturated heterocycles. The van der Waals surface area contributed by atoms with Gasteiger partial charge in [-0.2, -0.15) is 0 Å². The van der Waals surface area contributed by atoms with E-state index < -0.39 is 28.7 Å². The number of phenols is 6. The van der Waals surface area contributed by atoms with Crippen molar-refractivity contribution >= 4 is 99.3 Å². The molecule has 0 aromatic heterocycles. The first-order valence-corrected chi connectivity index (χ1v) is 48.2. The summed E-state index contributed by atoms with van der Waals surface area (Å²) in [6.07, 6.45) is 7.70. The van der Waals surface area contributed by atoms with E-state index in [1.807, 2.05) is 134 Å². The highest BCUT2D eigenvalue weighted by Crippen LogP contribution is 2.34. The van der Waals surface area contributed by atoms with Gasteiger partial charge in [-0.3, -0.25) is 31.2 Å². The molecule has 6 heterocycles. The van der Waals surface area contributed by atoms with Gasteiger partial charge in [-0.1, -0.05) is 81.6 Å². The molecule has 0 atom stereocenters. The van der Waals surface area contributed by atoms with Crippen LogP contribution < -0.4 is 39.3 Å². The van der Waals surface area contributed by atoms with Crippen molar-refractivity contribution in [2.45, 2.75) is 191 Å². The van der Waals surface area contributed by atoms with E-state index in [1.165, 1.54) is 34.9 Å². The lowest BCUT2D eigenvalue weighted by molar-refractivity contribution is -0.154. The molecular weight excluding hydrogens is 1780 g/mol. The number of aliphatic imine (C=N–C) groups is 1. The van der Waals surface area contributed by atoms with Gasteiger partial charge in [0.05, 0.1) is 27.6 Å². The van der Waals surface area contributed by atoms with Crippen LogP contribution in [0.3, 0.4) is 0 Å². The number of rotatable bonds is 22. The summed E-state index contributed by atoms with van der Waals surface area (Å²) in [7, 11) is 0. The number of amidine groups is 1. The lowest BCUT2D eigenvalue weighted by Crippen LogP contribution is -2.49. The molecule has 19 N–H and O–H groups in total. The molecule has 748 valence electrons. The van der Waals surface area contributed by atoms with Gasteiger partial charge in [0.2, 0.25) is 0 Å². The van der Waals surface area contributed by atoms with Crippen LogP contribution in [0.5, 0.6) is 34.5 Å². The number of nitrogens with zero attached hydrogens (tertiary/aromatic N) is 10. The maximum atomic E-state index is 12.3. The molecule has 0 aliphatic carbocycles. The molecule has 12 rings (SSSR count). The van der Waals surface area contributed by atoms with Gasteiger partial charge in [0, 0.05) is 199 Å². The van der Waals surface area contributed by atoms with Gasteiger partial charge in [0.15, 0.2) is 5.84 Å². The second-order valence-electron chi connectivity index (χ2n) is 37.6. The molecule has 0 saturated carbocycles. The Kier molecular flexibility index (Phi) is 47.3. The summed E-state index contributed by atoms with van der Waals surface area (Å²) in [4.78, 5) is 83.7. The molecule has 0 radical (unpaired) electrons. The van der Waals surface area contributed by atoms with Crippen LogP contribution in [0.15, 0.2) is 114 Å². The molecular formula is C99H153N17O16S3. The predicted octanol–water partition coefficient (Wildman–Crippen LogP) is 12.2. The summed E-state index contributed by atoms with van der Waals surface area (Å²) in [6.45, 7) is 50.8. The van der Waals surface area contributed by atoms with Crippen LogP contribution in [-0.2, 0) is 67.4 Å². The van der Waals surface area contributed by atoms with Crippen LogP contribution in [0.1, 0.15) is 186 Å².